The maximum atomic E-state index is 9.98. The summed E-state index contributed by atoms with van der Waals surface area (Å²) in [6, 6.07) is 0.210. The summed E-state index contributed by atoms with van der Waals surface area (Å²) < 4.78 is 1.90. The molecule has 0 aromatic carbocycles. The maximum Gasteiger partial charge on any atom is 0.0741 e. The van der Waals surface area contributed by atoms with Gasteiger partial charge in [0.1, 0.15) is 0 Å². The lowest BCUT2D eigenvalue weighted by Gasteiger charge is -2.24. The van der Waals surface area contributed by atoms with Crippen molar-refractivity contribution in [3.8, 4) is 0 Å². The minimum Gasteiger partial charge on any atom is -0.389 e. The van der Waals surface area contributed by atoms with Crippen LogP contribution < -0.4 is 5.32 Å². The molecule has 0 saturated carbocycles. The van der Waals surface area contributed by atoms with Crippen LogP contribution in [0, 0.1) is 13.8 Å². The fourth-order valence-electron chi connectivity index (χ4n) is 2.02. The van der Waals surface area contributed by atoms with Crippen LogP contribution in [-0.4, -0.2) is 27.0 Å². The molecule has 0 bridgehead atoms. The van der Waals surface area contributed by atoms with Crippen LogP contribution in [0.15, 0.2) is 0 Å². The number of hydrogen-bond acceptors (Lipinski definition) is 3. The number of nitrogens with one attached hydrogen (secondary N) is 1. The van der Waals surface area contributed by atoms with E-state index in [4.69, 9.17) is 0 Å². The van der Waals surface area contributed by atoms with E-state index >= 15 is 0 Å². The fraction of sp³-hybridized carbons (Fsp3) is 0.769. The highest BCUT2D eigenvalue weighted by Gasteiger charge is 2.21. The highest BCUT2D eigenvalue weighted by molar-refractivity contribution is 5.27. The molecule has 0 fully saturated rings. The first-order chi connectivity index (χ1) is 7.78. The molecule has 2 N–H and O–H groups in total. The molecule has 0 aliphatic carbocycles. The lowest BCUT2D eigenvalue weighted by atomic mass is 10.0. The van der Waals surface area contributed by atoms with Gasteiger partial charge in [-0.05, 0) is 34.1 Å². The standard InChI is InChI=1S/C13H25N3O/c1-7-13(5,17)8-14-9(2)12-10(3)15-16(6)11(12)4/h9,14,17H,7-8H2,1-6H3. The van der Waals surface area contributed by atoms with Gasteiger partial charge >= 0.3 is 0 Å². The van der Waals surface area contributed by atoms with Crippen molar-refractivity contribution in [3.05, 3.63) is 17.0 Å². The SMILES string of the molecule is CCC(C)(O)CNC(C)c1c(C)nn(C)c1C. The Balaban J connectivity index is 2.74. The molecule has 4 heteroatoms. The molecule has 17 heavy (non-hydrogen) atoms. The average molecular weight is 239 g/mol. The van der Waals surface area contributed by atoms with Gasteiger partial charge in [0.05, 0.1) is 11.3 Å². The van der Waals surface area contributed by atoms with Crippen molar-refractivity contribution in [1.29, 1.82) is 0 Å². The van der Waals surface area contributed by atoms with Gasteiger partial charge in [-0.15, -0.1) is 0 Å². The average Bonchev–Trinajstić information content (AvgIpc) is 2.50. The second-order valence-corrected chi connectivity index (χ2v) is 5.16. The number of rotatable bonds is 5. The zero-order chi connectivity index (χ0) is 13.2. The molecule has 4 nitrogen and oxygen atoms in total. The molecule has 1 rings (SSSR count). The van der Waals surface area contributed by atoms with E-state index in [-0.39, 0.29) is 6.04 Å². The van der Waals surface area contributed by atoms with Crippen molar-refractivity contribution >= 4 is 0 Å². The summed E-state index contributed by atoms with van der Waals surface area (Å²) in [7, 11) is 1.96. The van der Waals surface area contributed by atoms with Crippen molar-refractivity contribution in [2.75, 3.05) is 6.54 Å². The van der Waals surface area contributed by atoms with E-state index in [1.54, 1.807) is 0 Å². The van der Waals surface area contributed by atoms with E-state index < -0.39 is 5.60 Å². The fourth-order valence-corrected chi connectivity index (χ4v) is 2.02. The van der Waals surface area contributed by atoms with Crippen LogP contribution in [0.25, 0.3) is 0 Å². The Kier molecular flexibility index (Phi) is 4.33. The first-order valence-corrected chi connectivity index (χ1v) is 6.24. The predicted octanol–water partition coefficient (Wildman–Crippen LogP) is 1.85. The van der Waals surface area contributed by atoms with Crippen LogP contribution in [0.5, 0.6) is 0 Å². The summed E-state index contributed by atoms with van der Waals surface area (Å²) in [5.41, 5.74) is 2.83. The highest BCUT2D eigenvalue weighted by Crippen LogP contribution is 2.21. The van der Waals surface area contributed by atoms with E-state index in [1.807, 2.05) is 32.5 Å². The van der Waals surface area contributed by atoms with Gasteiger partial charge in [0.2, 0.25) is 0 Å². The summed E-state index contributed by atoms with van der Waals surface area (Å²) in [6.07, 6.45) is 0.748. The Morgan fingerprint density at radius 2 is 2.06 bits per heavy atom. The van der Waals surface area contributed by atoms with E-state index in [2.05, 4.69) is 24.3 Å². The number of aromatic nitrogens is 2. The molecule has 0 amide bonds. The summed E-state index contributed by atoms with van der Waals surface area (Å²) in [5, 5.41) is 17.8. The molecule has 0 spiro atoms. The molecular formula is C13H25N3O. The quantitative estimate of drug-likeness (QED) is 0.824. The molecule has 0 aliphatic rings. The van der Waals surface area contributed by atoms with Crippen LogP contribution in [0.1, 0.15) is 50.2 Å². The van der Waals surface area contributed by atoms with Crippen molar-refractivity contribution in [3.63, 3.8) is 0 Å². The second-order valence-electron chi connectivity index (χ2n) is 5.16. The Bertz CT molecular complexity index is 382. The van der Waals surface area contributed by atoms with Crippen LogP contribution in [0.2, 0.25) is 0 Å². The van der Waals surface area contributed by atoms with Crippen LogP contribution >= 0.6 is 0 Å². The summed E-state index contributed by atoms with van der Waals surface area (Å²) in [4.78, 5) is 0. The van der Waals surface area contributed by atoms with Gasteiger partial charge in [-0.25, -0.2) is 0 Å². The normalized spacial score (nSPS) is 16.9. The monoisotopic (exact) mass is 239 g/mol. The van der Waals surface area contributed by atoms with E-state index in [0.717, 1.165) is 12.1 Å². The van der Waals surface area contributed by atoms with Crippen LogP contribution in [0.4, 0.5) is 0 Å². The van der Waals surface area contributed by atoms with E-state index in [1.165, 1.54) is 11.3 Å². The Hall–Kier alpha value is -0.870. The lowest BCUT2D eigenvalue weighted by Crippen LogP contribution is -2.38. The molecular weight excluding hydrogens is 214 g/mol. The van der Waals surface area contributed by atoms with Gasteiger partial charge in [-0.1, -0.05) is 6.92 Å². The molecule has 2 unspecified atom stereocenters. The van der Waals surface area contributed by atoms with Gasteiger partial charge < -0.3 is 10.4 Å². The van der Waals surface area contributed by atoms with Crippen molar-refractivity contribution < 1.29 is 5.11 Å². The van der Waals surface area contributed by atoms with Crippen LogP contribution in [-0.2, 0) is 7.05 Å². The second kappa shape index (κ2) is 5.19. The van der Waals surface area contributed by atoms with Gasteiger partial charge in [0.15, 0.2) is 0 Å². The Labute approximate surface area is 104 Å². The maximum absolute atomic E-state index is 9.98. The minimum absolute atomic E-state index is 0.210. The number of nitrogens with zero attached hydrogens (tertiary/aromatic N) is 2. The van der Waals surface area contributed by atoms with Crippen LogP contribution in [0.3, 0.4) is 0 Å². The number of hydrogen-bond donors (Lipinski definition) is 2. The van der Waals surface area contributed by atoms with Crippen molar-refractivity contribution in [2.24, 2.45) is 7.05 Å². The highest BCUT2D eigenvalue weighted by atomic mass is 16.3. The van der Waals surface area contributed by atoms with Gasteiger partial charge in [0, 0.05) is 30.9 Å². The molecule has 0 aliphatic heterocycles. The summed E-state index contributed by atoms with van der Waals surface area (Å²) in [6.45, 7) is 10.7. The third kappa shape index (κ3) is 3.30. The molecule has 0 radical (unpaired) electrons. The summed E-state index contributed by atoms with van der Waals surface area (Å²) >= 11 is 0. The van der Waals surface area contributed by atoms with Gasteiger partial charge in [0.25, 0.3) is 0 Å². The third-order valence-electron chi connectivity index (χ3n) is 3.55. The largest absolute Gasteiger partial charge is 0.389 e. The zero-order valence-corrected chi connectivity index (χ0v) is 11.8. The summed E-state index contributed by atoms with van der Waals surface area (Å²) in [5.74, 6) is 0. The molecule has 1 aromatic rings. The number of aliphatic hydroxyl groups is 1. The van der Waals surface area contributed by atoms with Crippen molar-refractivity contribution in [1.82, 2.24) is 15.1 Å². The third-order valence-corrected chi connectivity index (χ3v) is 3.55. The van der Waals surface area contributed by atoms with Crippen molar-refractivity contribution in [2.45, 2.75) is 52.7 Å². The smallest absolute Gasteiger partial charge is 0.0741 e. The van der Waals surface area contributed by atoms with Gasteiger partial charge in [-0.2, -0.15) is 5.10 Å². The molecule has 1 aromatic heterocycles. The number of aryl methyl sites for hydroxylation is 2. The molecule has 0 saturated heterocycles. The lowest BCUT2D eigenvalue weighted by molar-refractivity contribution is 0.0533. The minimum atomic E-state index is -0.641. The molecule has 98 valence electrons. The Morgan fingerprint density at radius 1 is 1.47 bits per heavy atom. The Morgan fingerprint density at radius 3 is 2.47 bits per heavy atom. The molecule has 2 atom stereocenters. The van der Waals surface area contributed by atoms with E-state index in [9.17, 15) is 5.11 Å². The first-order valence-electron chi connectivity index (χ1n) is 6.24. The van der Waals surface area contributed by atoms with Gasteiger partial charge in [-0.3, -0.25) is 4.68 Å². The predicted molar refractivity (Wildman–Crippen MR) is 70.0 cm³/mol. The topological polar surface area (TPSA) is 50.1 Å². The van der Waals surface area contributed by atoms with E-state index in [0.29, 0.717) is 6.54 Å². The zero-order valence-electron chi connectivity index (χ0n) is 11.8. The first kappa shape index (κ1) is 14.2. The molecule has 1 heterocycles.